The Morgan fingerprint density at radius 3 is 2.61 bits per heavy atom. The molecule has 7 heteroatoms. The third-order valence-electron chi connectivity index (χ3n) is 4.32. The summed E-state index contributed by atoms with van der Waals surface area (Å²) in [5, 5.41) is 3.99. The highest BCUT2D eigenvalue weighted by Gasteiger charge is 2.37. The van der Waals surface area contributed by atoms with Crippen molar-refractivity contribution < 1.29 is 8.91 Å². The van der Waals surface area contributed by atoms with E-state index < -0.39 is 0 Å². The van der Waals surface area contributed by atoms with Gasteiger partial charge in [-0.1, -0.05) is 17.3 Å². The van der Waals surface area contributed by atoms with Crippen LogP contribution in [-0.2, 0) is 0 Å². The van der Waals surface area contributed by atoms with Crippen LogP contribution < -0.4 is 5.73 Å². The second kappa shape index (κ2) is 5.42. The van der Waals surface area contributed by atoms with E-state index in [2.05, 4.69) is 20.1 Å². The van der Waals surface area contributed by atoms with Gasteiger partial charge in [0.25, 0.3) is 0 Å². The zero-order valence-electron chi connectivity index (χ0n) is 12.2. The van der Waals surface area contributed by atoms with Crippen LogP contribution in [0.25, 0.3) is 11.4 Å². The fourth-order valence-electron chi connectivity index (χ4n) is 2.91. The van der Waals surface area contributed by atoms with Gasteiger partial charge in [-0.05, 0) is 36.5 Å². The molecule has 0 radical (unpaired) electrons. The summed E-state index contributed by atoms with van der Waals surface area (Å²) >= 11 is 0. The Morgan fingerprint density at radius 1 is 1.13 bits per heavy atom. The van der Waals surface area contributed by atoms with Crippen LogP contribution in [-0.4, -0.2) is 20.1 Å². The monoisotopic (exact) mass is 311 g/mol. The molecule has 1 aliphatic carbocycles. The van der Waals surface area contributed by atoms with E-state index in [1.165, 1.54) is 18.5 Å². The number of aromatic nitrogens is 4. The quantitative estimate of drug-likeness (QED) is 0.799. The van der Waals surface area contributed by atoms with E-state index in [1.807, 2.05) is 12.1 Å². The van der Waals surface area contributed by atoms with Crippen molar-refractivity contribution in [3.8, 4) is 11.4 Å². The Balaban J connectivity index is 1.60. The Morgan fingerprint density at radius 2 is 1.91 bits per heavy atom. The number of anilines is 1. The van der Waals surface area contributed by atoms with E-state index >= 15 is 0 Å². The van der Waals surface area contributed by atoms with Crippen molar-refractivity contribution in [1.82, 2.24) is 20.1 Å². The molecule has 23 heavy (non-hydrogen) atoms. The van der Waals surface area contributed by atoms with Crippen molar-refractivity contribution in [3.63, 3.8) is 0 Å². The van der Waals surface area contributed by atoms with E-state index in [1.54, 1.807) is 6.20 Å². The Bertz CT molecular complexity index is 832. The van der Waals surface area contributed by atoms with Gasteiger partial charge in [-0.25, -0.2) is 14.4 Å². The largest absolute Gasteiger partial charge is 0.383 e. The SMILES string of the molecule is Nc1ncncc1-c1noc(C2CCC2c2ccc(F)cc2)n1. The van der Waals surface area contributed by atoms with Crippen molar-refractivity contribution in [2.45, 2.75) is 24.7 Å². The van der Waals surface area contributed by atoms with Gasteiger partial charge in [0.1, 0.15) is 18.0 Å². The first-order chi connectivity index (χ1) is 11.2. The maximum Gasteiger partial charge on any atom is 0.230 e. The zero-order valence-corrected chi connectivity index (χ0v) is 12.2. The smallest absolute Gasteiger partial charge is 0.230 e. The van der Waals surface area contributed by atoms with E-state index in [0.717, 1.165) is 18.4 Å². The van der Waals surface area contributed by atoms with E-state index in [4.69, 9.17) is 10.3 Å². The summed E-state index contributed by atoms with van der Waals surface area (Å²) in [7, 11) is 0. The standard InChI is InChI=1S/C16H14FN5O/c17-10-3-1-9(2-4-10)11-5-6-12(11)16-21-15(22-23-16)13-7-19-8-20-14(13)18/h1-4,7-8,11-12H,5-6H2,(H2,18,19,20). The van der Waals surface area contributed by atoms with Crippen LogP contribution in [0.1, 0.15) is 36.1 Å². The first-order valence-electron chi connectivity index (χ1n) is 7.37. The number of nitrogens with two attached hydrogens (primary N) is 1. The summed E-state index contributed by atoms with van der Waals surface area (Å²) in [4.78, 5) is 12.3. The fraction of sp³-hybridized carbons (Fsp3) is 0.250. The normalized spacial score (nSPS) is 20.2. The molecule has 0 bridgehead atoms. The summed E-state index contributed by atoms with van der Waals surface area (Å²) in [6.07, 6.45) is 4.92. The molecule has 2 N–H and O–H groups in total. The summed E-state index contributed by atoms with van der Waals surface area (Å²) < 4.78 is 18.5. The third kappa shape index (κ3) is 2.44. The van der Waals surface area contributed by atoms with E-state index in [0.29, 0.717) is 23.1 Å². The summed E-state index contributed by atoms with van der Waals surface area (Å²) in [6.45, 7) is 0. The van der Waals surface area contributed by atoms with E-state index in [-0.39, 0.29) is 17.7 Å². The first-order valence-corrected chi connectivity index (χ1v) is 7.37. The number of nitrogens with zero attached hydrogens (tertiary/aromatic N) is 4. The zero-order chi connectivity index (χ0) is 15.8. The van der Waals surface area contributed by atoms with Crippen LogP contribution in [0.2, 0.25) is 0 Å². The molecule has 1 aromatic carbocycles. The van der Waals surface area contributed by atoms with Gasteiger partial charge in [-0.3, -0.25) is 0 Å². The van der Waals surface area contributed by atoms with Crippen LogP contribution in [0.4, 0.5) is 10.2 Å². The first kappa shape index (κ1) is 13.8. The molecular formula is C16H14FN5O. The topological polar surface area (TPSA) is 90.7 Å². The molecular weight excluding hydrogens is 297 g/mol. The molecule has 3 aromatic rings. The molecule has 116 valence electrons. The molecule has 2 aromatic heterocycles. The lowest BCUT2D eigenvalue weighted by Gasteiger charge is -2.34. The minimum absolute atomic E-state index is 0.146. The second-order valence-corrected chi connectivity index (χ2v) is 5.62. The lowest BCUT2D eigenvalue weighted by Crippen LogP contribution is -2.22. The maximum absolute atomic E-state index is 13.1. The van der Waals surface area contributed by atoms with Crippen molar-refractivity contribution in [1.29, 1.82) is 0 Å². The van der Waals surface area contributed by atoms with Gasteiger partial charge < -0.3 is 10.3 Å². The fourth-order valence-corrected chi connectivity index (χ4v) is 2.91. The van der Waals surface area contributed by atoms with Gasteiger partial charge in [0.05, 0.1) is 5.56 Å². The van der Waals surface area contributed by atoms with Crippen LogP contribution in [0.3, 0.4) is 0 Å². The van der Waals surface area contributed by atoms with Gasteiger partial charge in [-0.15, -0.1) is 0 Å². The molecule has 0 amide bonds. The summed E-state index contributed by atoms with van der Waals surface area (Å²) in [5.74, 6) is 1.47. The lowest BCUT2D eigenvalue weighted by atomic mass is 9.70. The molecule has 2 heterocycles. The summed E-state index contributed by atoms with van der Waals surface area (Å²) in [6, 6.07) is 6.58. The number of hydrogen-bond donors (Lipinski definition) is 1. The molecule has 2 atom stereocenters. The highest BCUT2D eigenvalue weighted by Crippen LogP contribution is 2.48. The van der Waals surface area contributed by atoms with Crippen molar-refractivity contribution in [2.75, 3.05) is 5.73 Å². The van der Waals surface area contributed by atoms with Gasteiger partial charge >= 0.3 is 0 Å². The number of nitrogen functional groups attached to an aromatic ring is 1. The summed E-state index contributed by atoms with van der Waals surface area (Å²) in [5.41, 5.74) is 7.45. The minimum atomic E-state index is -0.232. The highest BCUT2D eigenvalue weighted by atomic mass is 19.1. The predicted octanol–water partition coefficient (Wildman–Crippen LogP) is 2.91. The number of benzene rings is 1. The van der Waals surface area contributed by atoms with Gasteiger partial charge in [0.15, 0.2) is 0 Å². The lowest BCUT2D eigenvalue weighted by molar-refractivity contribution is 0.258. The molecule has 1 saturated carbocycles. The Hall–Kier alpha value is -2.83. The second-order valence-electron chi connectivity index (χ2n) is 5.62. The van der Waals surface area contributed by atoms with Crippen LogP contribution >= 0.6 is 0 Å². The molecule has 4 rings (SSSR count). The number of rotatable bonds is 3. The van der Waals surface area contributed by atoms with Crippen molar-refractivity contribution in [2.24, 2.45) is 0 Å². The highest BCUT2D eigenvalue weighted by molar-refractivity contribution is 5.66. The van der Waals surface area contributed by atoms with Crippen molar-refractivity contribution >= 4 is 5.82 Å². The van der Waals surface area contributed by atoms with Crippen LogP contribution in [0.5, 0.6) is 0 Å². The molecule has 2 unspecified atom stereocenters. The molecule has 1 aliphatic rings. The molecule has 1 fully saturated rings. The molecule has 0 spiro atoms. The van der Waals surface area contributed by atoms with Crippen LogP contribution in [0.15, 0.2) is 41.3 Å². The van der Waals surface area contributed by atoms with Gasteiger partial charge in [0, 0.05) is 12.1 Å². The molecule has 0 saturated heterocycles. The minimum Gasteiger partial charge on any atom is -0.383 e. The van der Waals surface area contributed by atoms with Gasteiger partial charge in [-0.2, -0.15) is 4.98 Å². The predicted molar refractivity (Wildman–Crippen MR) is 80.9 cm³/mol. The molecule has 0 aliphatic heterocycles. The number of hydrogen-bond acceptors (Lipinski definition) is 6. The number of halogens is 1. The molecule has 6 nitrogen and oxygen atoms in total. The average molecular weight is 311 g/mol. The van der Waals surface area contributed by atoms with Gasteiger partial charge in [0.2, 0.25) is 11.7 Å². The average Bonchev–Trinajstić information content (AvgIpc) is 2.98. The Labute approximate surface area is 131 Å². The Kier molecular flexibility index (Phi) is 3.25. The van der Waals surface area contributed by atoms with Crippen LogP contribution in [0, 0.1) is 5.82 Å². The van der Waals surface area contributed by atoms with Crippen molar-refractivity contribution in [3.05, 3.63) is 54.1 Å². The third-order valence-corrected chi connectivity index (χ3v) is 4.32. The van der Waals surface area contributed by atoms with E-state index in [9.17, 15) is 4.39 Å². The maximum atomic E-state index is 13.1.